The van der Waals surface area contributed by atoms with E-state index in [-0.39, 0.29) is 5.91 Å². The molecule has 0 heterocycles. The van der Waals surface area contributed by atoms with E-state index in [1.54, 1.807) is 7.05 Å². The largest absolute Gasteiger partial charge is 0.355 e. The molecular weight excluding hydrogens is 248 g/mol. The quantitative estimate of drug-likeness (QED) is 0.895. The topological polar surface area (TPSA) is 32.3 Å². The molecule has 1 aromatic rings. The van der Waals surface area contributed by atoms with Crippen LogP contribution in [0.4, 0.5) is 0 Å². The van der Waals surface area contributed by atoms with Crippen molar-refractivity contribution in [3.63, 3.8) is 0 Å². The highest BCUT2D eigenvalue weighted by molar-refractivity contribution is 5.93. The summed E-state index contributed by atoms with van der Waals surface area (Å²) < 4.78 is 0. The van der Waals surface area contributed by atoms with Gasteiger partial charge in [-0.15, -0.1) is 0 Å². The number of nitrogens with zero attached hydrogens (tertiary/aromatic N) is 1. The predicted octanol–water partition coefficient (Wildman–Crippen LogP) is 3.06. The van der Waals surface area contributed by atoms with Gasteiger partial charge in [0, 0.05) is 25.7 Å². The number of carbonyl (C=O) groups excluding carboxylic acids is 1. The van der Waals surface area contributed by atoms with Crippen molar-refractivity contribution in [3.05, 3.63) is 35.4 Å². The summed E-state index contributed by atoms with van der Waals surface area (Å²) in [6.45, 7) is 2.15. The van der Waals surface area contributed by atoms with E-state index in [9.17, 15) is 4.79 Å². The van der Waals surface area contributed by atoms with Gasteiger partial charge in [-0.2, -0.15) is 0 Å². The molecule has 1 aromatic carbocycles. The van der Waals surface area contributed by atoms with Gasteiger partial charge in [0.05, 0.1) is 0 Å². The van der Waals surface area contributed by atoms with E-state index in [1.165, 1.54) is 44.2 Å². The Balaban J connectivity index is 1.84. The highest BCUT2D eigenvalue weighted by Crippen LogP contribution is 2.24. The van der Waals surface area contributed by atoms with Crippen LogP contribution in [0.1, 0.15) is 48.0 Å². The van der Waals surface area contributed by atoms with Crippen molar-refractivity contribution in [2.45, 2.75) is 38.6 Å². The molecule has 1 aliphatic carbocycles. The number of carbonyl (C=O) groups is 1. The molecule has 0 saturated heterocycles. The second kappa shape index (κ2) is 7.44. The molecule has 0 atom stereocenters. The van der Waals surface area contributed by atoms with Gasteiger partial charge in [0.15, 0.2) is 0 Å². The lowest BCUT2D eigenvalue weighted by Crippen LogP contribution is -2.26. The summed E-state index contributed by atoms with van der Waals surface area (Å²) in [7, 11) is 3.86. The van der Waals surface area contributed by atoms with E-state index in [2.05, 4.69) is 29.4 Å². The molecule has 3 heteroatoms. The molecular formula is C17H26N2O. The Kier molecular flexibility index (Phi) is 5.60. The Morgan fingerprint density at radius 2 is 1.85 bits per heavy atom. The first kappa shape index (κ1) is 15.0. The average Bonchev–Trinajstić information content (AvgIpc) is 2.48. The number of nitrogens with one attached hydrogen (secondary N) is 1. The zero-order valence-electron chi connectivity index (χ0n) is 12.7. The molecule has 1 saturated carbocycles. The maximum atomic E-state index is 11.5. The zero-order valence-corrected chi connectivity index (χ0v) is 12.7. The molecule has 0 bridgehead atoms. The third kappa shape index (κ3) is 4.34. The SMILES string of the molecule is CNC(=O)c1ccc(CN(C)CC2CCCCC2)cc1. The molecule has 3 nitrogen and oxygen atoms in total. The van der Waals surface area contributed by atoms with E-state index in [1.807, 2.05) is 12.1 Å². The van der Waals surface area contributed by atoms with E-state index in [0.29, 0.717) is 0 Å². The standard InChI is InChI=1S/C17H26N2O/c1-18-17(20)16-10-8-15(9-11-16)13-19(2)12-14-6-4-3-5-7-14/h8-11,14H,3-7,12-13H2,1-2H3,(H,18,20). The molecule has 0 radical (unpaired) electrons. The van der Waals surface area contributed by atoms with Crippen molar-refractivity contribution in [3.8, 4) is 0 Å². The van der Waals surface area contributed by atoms with Gasteiger partial charge in [-0.05, 0) is 43.5 Å². The number of amides is 1. The Morgan fingerprint density at radius 1 is 1.20 bits per heavy atom. The van der Waals surface area contributed by atoms with Gasteiger partial charge in [-0.25, -0.2) is 0 Å². The van der Waals surface area contributed by atoms with Gasteiger partial charge in [0.2, 0.25) is 0 Å². The van der Waals surface area contributed by atoms with Crippen LogP contribution >= 0.6 is 0 Å². The fraction of sp³-hybridized carbons (Fsp3) is 0.588. The molecule has 2 rings (SSSR count). The molecule has 0 aliphatic heterocycles. The Labute approximate surface area is 122 Å². The van der Waals surface area contributed by atoms with Crippen molar-refractivity contribution < 1.29 is 4.79 Å². The highest BCUT2D eigenvalue weighted by atomic mass is 16.1. The van der Waals surface area contributed by atoms with E-state index >= 15 is 0 Å². The number of benzene rings is 1. The van der Waals surface area contributed by atoms with Crippen LogP contribution in [0, 0.1) is 5.92 Å². The molecule has 1 N–H and O–H groups in total. The van der Waals surface area contributed by atoms with Crippen molar-refractivity contribution in [1.29, 1.82) is 0 Å². The first-order valence-electron chi connectivity index (χ1n) is 7.68. The second-order valence-corrected chi connectivity index (χ2v) is 5.98. The van der Waals surface area contributed by atoms with E-state index < -0.39 is 0 Å². The van der Waals surface area contributed by atoms with Gasteiger partial charge in [-0.1, -0.05) is 31.4 Å². The van der Waals surface area contributed by atoms with Gasteiger partial charge in [-0.3, -0.25) is 4.79 Å². The molecule has 20 heavy (non-hydrogen) atoms. The molecule has 1 amide bonds. The minimum atomic E-state index is -0.0212. The lowest BCUT2D eigenvalue weighted by molar-refractivity contribution is 0.0963. The highest BCUT2D eigenvalue weighted by Gasteiger charge is 2.15. The van der Waals surface area contributed by atoms with Gasteiger partial charge in [0.25, 0.3) is 5.91 Å². The first-order valence-corrected chi connectivity index (χ1v) is 7.68. The summed E-state index contributed by atoms with van der Waals surface area (Å²) in [5, 5.41) is 2.65. The number of rotatable bonds is 5. The molecule has 1 fully saturated rings. The fourth-order valence-electron chi connectivity index (χ4n) is 3.09. The third-order valence-electron chi connectivity index (χ3n) is 4.19. The van der Waals surface area contributed by atoms with Gasteiger partial charge >= 0.3 is 0 Å². The average molecular weight is 274 g/mol. The first-order chi connectivity index (χ1) is 9.69. The van der Waals surface area contributed by atoms with Crippen LogP contribution in [0.15, 0.2) is 24.3 Å². The summed E-state index contributed by atoms with van der Waals surface area (Å²) in [6, 6.07) is 7.93. The summed E-state index contributed by atoms with van der Waals surface area (Å²) in [5.74, 6) is 0.853. The van der Waals surface area contributed by atoms with Crippen molar-refractivity contribution in [1.82, 2.24) is 10.2 Å². The van der Waals surface area contributed by atoms with Crippen LogP contribution in [-0.2, 0) is 6.54 Å². The summed E-state index contributed by atoms with van der Waals surface area (Å²) in [6.07, 6.45) is 7.00. The molecule has 1 aliphatic rings. The Bertz CT molecular complexity index is 421. The third-order valence-corrected chi connectivity index (χ3v) is 4.19. The fourth-order valence-corrected chi connectivity index (χ4v) is 3.09. The van der Waals surface area contributed by atoms with E-state index in [4.69, 9.17) is 0 Å². The molecule has 0 aromatic heterocycles. The molecule has 110 valence electrons. The van der Waals surface area contributed by atoms with E-state index in [0.717, 1.165) is 18.0 Å². The summed E-state index contributed by atoms with van der Waals surface area (Å²) in [5.41, 5.74) is 2.00. The zero-order chi connectivity index (χ0) is 14.4. The Morgan fingerprint density at radius 3 is 2.45 bits per heavy atom. The van der Waals surface area contributed by atoms with Crippen LogP contribution in [0.3, 0.4) is 0 Å². The van der Waals surface area contributed by atoms with Gasteiger partial charge in [0.1, 0.15) is 0 Å². The normalized spacial score (nSPS) is 16.4. The van der Waals surface area contributed by atoms with Crippen LogP contribution in [-0.4, -0.2) is 31.4 Å². The maximum Gasteiger partial charge on any atom is 0.251 e. The van der Waals surface area contributed by atoms with Gasteiger partial charge < -0.3 is 10.2 Å². The number of hydrogen-bond donors (Lipinski definition) is 1. The Hall–Kier alpha value is -1.35. The summed E-state index contributed by atoms with van der Waals surface area (Å²) >= 11 is 0. The second-order valence-electron chi connectivity index (χ2n) is 5.98. The monoisotopic (exact) mass is 274 g/mol. The van der Waals surface area contributed by atoms with Crippen LogP contribution in [0.25, 0.3) is 0 Å². The minimum absolute atomic E-state index is 0.0212. The molecule has 0 unspecified atom stereocenters. The molecule has 0 spiro atoms. The lowest BCUT2D eigenvalue weighted by Gasteiger charge is -2.27. The van der Waals surface area contributed by atoms with Crippen LogP contribution in [0.2, 0.25) is 0 Å². The summed E-state index contributed by atoms with van der Waals surface area (Å²) in [4.78, 5) is 13.9. The maximum absolute atomic E-state index is 11.5. The predicted molar refractivity (Wildman–Crippen MR) is 82.7 cm³/mol. The lowest BCUT2D eigenvalue weighted by atomic mass is 9.89. The van der Waals surface area contributed by atoms with Crippen molar-refractivity contribution in [2.75, 3.05) is 20.6 Å². The van der Waals surface area contributed by atoms with Crippen LogP contribution in [0.5, 0.6) is 0 Å². The number of hydrogen-bond acceptors (Lipinski definition) is 2. The smallest absolute Gasteiger partial charge is 0.251 e. The van der Waals surface area contributed by atoms with Crippen molar-refractivity contribution >= 4 is 5.91 Å². The minimum Gasteiger partial charge on any atom is -0.355 e. The van der Waals surface area contributed by atoms with Crippen LogP contribution < -0.4 is 5.32 Å². The van der Waals surface area contributed by atoms with Crippen molar-refractivity contribution in [2.24, 2.45) is 5.92 Å².